The smallest absolute Gasteiger partial charge is 0.133 e. The summed E-state index contributed by atoms with van der Waals surface area (Å²) in [4.78, 5) is 4.14. The molecule has 0 fully saturated rings. The topological polar surface area (TPSA) is 192 Å². The number of hydrogen-bond acceptors (Lipinski definition) is 14. The van der Waals surface area contributed by atoms with Gasteiger partial charge in [0, 0.05) is 113 Å². The second-order valence-electron chi connectivity index (χ2n) is 19.3. The van der Waals surface area contributed by atoms with E-state index in [1.54, 1.807) is 23.9 Å². The number of hydrogen-bond donors (Lipinski definition) is 9. The predicted octanol–water partition coefficient (Wildman–Crippen LogP) is 14.1. The van der Waals surface area contributed by atoms with Gasteiger partial charge in [0.2, 0.25) is 0 Å². The second kappa shape index (κ2) is 27.3. The Morgan fingerprint density at radius 2 is 0.988 bits per heavy atom. The van der Waals surface area contributed by atoms with Crippen LogP contribution in [0.3, 0.4) is 0 Å². The van der Waals surface area contributed by atoms with Crippen molar-refractivity contribution in [2.24, 2.45) is 12.0 Å². The minimum absolute atomic E-state index is 0. The van der Waals surface area contributed by atoms with Crippen molar-refractivity contribution in [1.82, 2.24) is 39.1 Å². The van der Waals surface area contributed by atoms with Crippen LogP contribution in [0.4, 0.5) is 78.8 Å². The number of halogens is 3. The van der Waals surface area contributed by atoms with Crippen molar-refractivity contribution in [3.63, 3.8) is 0 Å². The van der Waals surface area contributed by atoms with Gasteiger partial charge in [-0.25, -0.2) is 18.4 Å². The van der Waals surface area contributed by atoms with Crippen LogP contribution in [0.1, 0.15) is 67.5 Å². The molecule has 9 aromatic rings. The Bertz CT molecular complexity index is 3630. The van der Waals surface area contributed by atoms with Crippen LogP contribution in [0.5, 0.6) is 0 Å². The summed E-state index contributed by atoms with van der Waals surface area (Å²) >= 11 is 11.9. The van der Waals surface area contributed by atoms with E-state index in [4.69, 9.17) is 23.2 Å². The van der Waals surface area contributed by atoms with Crippen LogP contribution in [0.2, 0.25) is 10.0 Å². The fourth-order valence-corrected chi connectivity index (χ4v) is 9.94. The van der Waals surface area contributed by atoms with Crippen LogP contribution in [0, 0.1) is 18.8 Å². The van der Waals surface area contributed by atoms with Gasteiger partial charge < -0.3 is 52.8 Å². The van der Waals surface area contributed by atoms with Crippen molar-refractivity contribution in [3.05, 3.63) is 183 Å². The first kappa shape index (κ1) is 58.8. The fraction of sp³-hybridized carbons (Fsp3) is 0.250. The minimum atomic E-state index is -0.251. The first-order valence-electron chi connectivity index (χ1n) is 27.0. The molecular formula is C60H65Cl2FN18Y-2. The Kier molecular flexibility index (Phi) is 19.6. The Morgan fingerprint density at radius 1 is 0.537 bits per heavy atom. The number of anilines is 13. The molecule has 0 unspecified atom stereocenters. The van der Waals surface area contributed by atoms with Crippen molar-refractivity contribution < 1.29 is 37.1 Å². The molecule has 14 rings (SSSR count). The Labute approximate surface area is 512 Å². The van der Waals surface area contributed by atoms with Gasteiger partial charge in [-0.2, -0.15) is 37.9 Å². The number of aryl methyl sites for hydroxylation is 5. The third-order valence-electron chi connectivity index (χ3n) is 13.8. The molecule has 0 saturated heterocycles. The maximum atomic E-state index is 13.1. The zero-order valence-corrected chi connectivity index (χ0v) is 51.0. The van der Waals surface area contributed by atoms with Gasteiger partial charge in [-0.05, 0) is 105 Å². The molecule has 9 N–H and O–H groups in total. The summed E-state index contributed by atoms with van der Waals surface area (Å²) in [5, 5.41) is 48.9. The Morgan fingerprint density at radius 3 is 1.56 bits per heavy atom. The van der Waals surface area contributed by atoms with Crippen molar-refractivity contribution in [2.75, 3.05) is 54.4 Å². The molecule has 5 aromatic carbocycles. The molecule has 0 aliphatic carbocycles. The molecular weight excluding hydrogens is 1150 g/mol. The van der Waals surface area contributed by atoms with E-state index < -0.39 is 0 Å². The average Bonchev–Trinajstić information content (AvgIpc) is 4.31. The molecule has 1 radical (unpaired) electrons. The summed E-state index contributed by atoms with van der Waals surface area (Å²) in [6, 6.07) is 30.8. The van der Waals surface area contributed by atoms with E-state index in [0.29, 0.717) is 11.6 Å². The van der Waals surface area contributed by atoms with Gasteiger partial charge in [-0.1, -0.05) is 65.6 Å². The fourth-order valence-electron chi connectivity index (χ4n) is 9.60. The van der Waals surface area contributed by atoms with Crippen LogP contribution in [-0.4, -0.2) is 51.9 Å². The van der Waals surface area contributed by atoms with E-state index in [0.717, 1.165) is 149 Å². The zero-order chi connectivity index (χ0) is 56.4. The second-order valence-corrected chi connectivity index (χ2v) is 20.2. The molecule has 82 heavy (non-hydrogen) atoms. The van der Waals surface area contributed by atoms with Crippen LogP contribution in [0.25, 0.3) is 0 Å². The molecule has 5 aliphatic rings. The zero-order valence-electron chi connectivity index (χ0n) is 46.6. The SMILES string of the molecule is CCn1ncc2c1Nc1cc(C)ccc1NC2.CCn1ncc2c1Nc1cc(Cl)ccc1NC2.CCn1ncc2c1Nc1ccccc1NC2.C[C-]=NC1=[C-]c2cc(Cl)ccc2NCC1.Cn1ncc2c1Nc1cc(F)ccc1NC2.[Y]. The van der Waals surface area contributed by atoms with E-state index in [9.17, 15) is 4.39 Å². The van der Waals surface area contributed by atoms with Crippen molar-refractivity contribution in [2.45, 2.75) is 86.9 Å². The number of nitrogens with zero attached hydrogens (tertiary/aromatic N) is 9. The molecule has 4 aromatic heterocycles. The molecule has 0 saturated carbocycles. The number of para-hydroxylation sites is 2. The van der Waals surface area contributed by atoms with Crippen LogP contribution >= 0.6 is 23.2 Å². The molecule has 0 bridgehead atoms. The molecule has 0 amide bonds. The summed E-state index contributed by atoms with van der Waals surface area (Å²) in [6.45, 7) is 16.7. The van der Waals surface area contributed by atoms with E-state index in [2.05, 4.69) is 144 Å². The van der Waals surface area contributed by atoms with E-state index in [-0.39, 0.29) is 38.5 Å². The van der Waals surface area contributed by atoms with Gasteiger partial charge in [0.1, 0.15) is 29.1 Å². The van der Waals surface area contributed by atoms with Gasteiger partial charge >= 0.3 is 0 Å². The maximum absolute atomic E-state index is 13.1. The van der Waals surface area contributed by atoms with Crippen LogP contribution in [0.15, 0.2) is 133 Å². The van der Waals surface area contributed by atoms with Crippen LogP contribution in [-0.2, 0) is 85.6 Å². The van der Waals surface area contributed by atoms with Gasteiger partial charge in [-0.15, -0.1) is 13.0 Å². The number of rotatable bonds is 4. The molecule has 0 spiro atoms. The quantitative estimate of drug-likeness (QED) is 0.0598. The third-order valence-corrected chi connectivity index (χ3v) is 14.3. The summed E-state index contributed by atoms with van der Waals surface area (Å²) in [6.07, 6.45) is 14.4. The van der Waals surface area contributed by atoms with E-state index >= 15 is 0 Å². The van der Waals surface area contributed by atoms with Gasteiger partial charge in [0.25, 0.3) is 0 Å². The minimum Gasteiger partial charge on any atom is -0.473 e. The largest absolute Gasteiger partial charge is 0.473 e. The van der Waals surface area contributed by atoms with E-state index in [1.165, 1.54) is 34.4 Å². The van der Waals surface area contributed by atoms with Crippen molar-refractivity contribution in [1.29, 1.82) is 0 Å². The van der Waals surface area contributed by atoms with Gasteiger partial charge in [0.15, 0.2) is 0 Å². The first-order valence-corrected chi connectivity index (χ1v) is 27.7. The summed E-state index contributed by atoms with van der Waals surface area (Å²) in [7, 11) is 1.86. The number of nitrogens with one attached hydrogen (secondary N) is 9. The molecule has 5 aliphatic heterocycles. The summed E-state index contributed by atoms with van der Waals surface area (Å²) in [5.41, 5.74) is 17.0. The van der Waals surface area contributed by atoms with E-state index in [1.807, 2.05) is 88.2 Å². The monoisotopic (exact) mass is 1220 g/mol. The Balaban J connectivity index is 0.000000123. The van der Waals surface area contributed by atoms with Crippen LogP contribution < -0.4 is 47.9 Å². The third kappa shape index (κ3) is 13.9. The molecule has 18 nitrogen and oxygen atoms in total. The Hall–Kier alpha value is -7.84. The predicted molar refractivity (Wildman–Crippen MR) is 328 cm³/mol. The molecule has 9 heterocycles. The number of aromatic nitrogens is 8. The maximum Gasteiger partial charge on any atom is 0.133 e. The first-order chi connectivity index (χ1) is 39.5. The van der Waals surface area contributed by atoms with Gasteiger partial charge in [0.05, 0.1) is 70.3 Å². The average molecular weight is 1220 g/mol. The van der Waals surface area contributed by atoms with Gasteiger partial charge in [-0.3, -0.25) is 10.8 Å². The molecule has 421 valence electrons. The van der Waals surface area contributed by atoms with Crippen molar-refractivity contribution >= 4 is 104 Å². The normalized spacial score (nSPS) is 13.4. The van der Waals surface area contributed by atoms with Crippen molar-refractivity contribution in [3.8, 4) is 0 Å². The number of aliphatic imine (C=N–C) groups is 1. The summed E-state index contributed by atoms with van der Waals surface area (Å²) in [5.74, 6) is 3.89. The number of benzene rings is 5. The molecule has 0 atom stereocenters. The number of fused-ring (bicyclic) bond motifs is 9. The summed E-state index contributed by atoms with van der Waals surface area (Å²) < 4.78 is 20.8. The molecule has 22 heteroatoms. The standard InChI is InChI=1S/C13H16N4.C12H13ClN4.C12H11ClN2.C12H14N4.C11H11FN4.Y/c1-3-17-13-10(8-15-17)7-14-11-5-4-9(2)6-12(11)16-13;1-2-17-12-8(7-15-17)6-14-10-4-3-9(13)5-11(10)16-12;1-2-14-11-5-6-15-12-4-3-10(13)7-9(12)8-11;1-2-16-12-9(8-14-16)7-13-10-5-3-4-6-11(10)15-12;1-16-11-7(6-14-16)5-13-9-3-2-8(12)4-10(9)15-11;/h4-6,8,14,16H,3,7H2,1-2H3;3-5,7,14,16H,2,6H2,1H3;3-4,7,15H,5-6H2,1H3;3-6,8,13,15H,2,7H2,1H3;2-4,6,13,15H,5H2,1H3;/q;;-2;;;.